The van der Waals surface area contributed by atoms with Crippen LogP contribution in [0.2, 0.25) is 0 Å². The van der Waals surface area contributed by atoms with Gasteiger partial charge in [0.25, 0.3) is 0 Å². The molecule has 5 nitrogen and oxygen atoms in total. The number of rotatable bonds is 5. The van der Waals surface area contributed by atoms with E-state index in [1.165, 1.54) is 0 Å². The second kappa shape index (κ2) is 6.58. The highest BCUT2D eigenvalue weighted by atomic mass is 16.2. The molecule has 0 bridgehead atoms. The monoisotopic (exact) mass is 321 g/mol. The van der Waals surface area contributed by atoms with E-state index >= 15 is 0 Å². The van der Waals surface area contributed by atoms with Gasteiger partial charge in [0.1, 0.15) is 0 Å². The van der Waals surface area contributed by atoms with Crippen molar-refractivity contribution in [2.24, 2.45) is 0 Å². The third-order valence-electron chi connectivity index (χ3n) is 3.96. The largest absolute Gasteiger partial charge is 0.292 e. The first-order valence-electron chi connectivity index (χ1n) is 7.62. The van der Waals surface area contributed by atoms with Crippen LogP contribution >= 0.6 is 0 Å². The average Bonchev–Trinajstić information content (AvgIpc) is 2.94. The minimum Gasteiger partial charge on any atom is -0.292 e. The Labute approximate surface area is 138 Å². The lowest BCUT2D eigenvalue weighted by Gasteiger charge is -2.12. The number of amides is 2. The summed E-state index contributed by atoms with van der Waals surface area (Å²) >= 11 is 0. The number of carbonyl (C=O) groups excluding carboxylic acids is 4. The van der Waals surface area contributed by atoms with E-state index in [9.17, 15) is 19.2 Å². The molecule has 0 radical (unpaired) electrons. The van der Waals surface area contributed by atoms with E-state index in [1.807, 2.05) is 6.07 Å². The number of benzene rings is 2. The molecule has 2 amide bonds. The number of Topliss-reactive ketones (excluding diaryl/α,β-unsaturated/α-hetero) is 1. The van der Waals surface area contributed by atoms with Gasteiger partial charge in [0.2, 0.25) is 11.8 Å². The number of nitrogens with zero attached hydrogens (tertiary/aromatic N) is 1. The molecule has 2 aromatic carbocycles. The zero-order chi connectivity index (χ0) is 17.1. The van der Waals surface area contributed by atoms with Gasteiger partial charge in [-0.05, 0) is 0 Å². The molecule has 0 N–H and O–H groups in total. The molecule has 1 heterocycles. The van der Waals surface area contributed by atoms with E-state index in [1.54, 1.807) is 48.5 Å². The van der Waals surface area contributed by atoms with Crippen LogP contribution < -0.4 is 0 Å². The van der Waals surface area contributed by atoms with Gasteiger partial charge in [0.05, 0.1) is 6.54 Å². The van der Waals surface area contributed by atoms with E-state index in [2.05, 4.69) is 0 Å². The van der Waals surface area contributed by atoms with E-state index in [4.69, 9.17) is 0 Å². The van der Waals surface area contributed by atoms with Gasteiger partial charge in [-0.1, -0.05) is 54.6 Å². The van der Waals surface area contributed by atoms with Crippen LogP contribution in [0.25, 0.3) is 0 Å². The lowest BCUT2D eigenvalue weighted by molar-refractivity contribution is -0.137. The lowest BCUT2D eigenvalue weighted by Crippen LogP contribution is -2.34. The molecule has 0 aromatic heterocycles. The second-order valence-corrected chi connectivity index (χ2v) is 5.57. The van der Waals surface area contributed by atoms with Crippen molar-refractivity contribution in [2.45, 2.75) is 12.8 Å². The van der Waals surface area contributed by atoms with Crippen LogP contribution in [0.4, 0.5) is 0 Å². The summed E-state index contributed by atoms with van der Waals surface area (Å²) in [6.07, 6.45) is 0.327. The first-order chi connectivity index (χ1) is 11.6. The highest BCUT2D eigenvalue weighted by Gasteiger charge is 2.30. The molecular weight excluding hydrogens is 306 g/mol. The van der Waals surface area contributed by atoms with Crippen LogP contribution in [0, 0.1) is 0 Å². The summed E-state index contributed by atoms with van der Waals surface area (Å²) in [4.78, 5) is 48.6. The molecule has 1 aliphatic rings. The Hall–Kier alpha value is -3.08. The van der Waals surface area contributed by atoms with Gasteiger partial charge in [-0.25, -0.2) is 0 Å². The number of ketones is 2. The quantitative estimate of drug-likeness (QED) is 0.625. The Morgan fingerprint density at radius 1 is 0.750 bits per heavy atom. The fourth-order valence-electron chi connectivity index (χ4n) is 2.60. The van der Waals surface area contributed by atoms with E-state index in [-0.39, 0.29) is 42.8 Å². The van der Waals surface area contributed by atoms with Crippen molar-refractivity contribution in [3.63, 3.8) is 0 Å². The van der Waals surface area contributed by atoms with Gasteiger partial charge < -0.3 is 0 Å². The molecule has 3 rings (SSSR count). The number of hydrogen-bond donors (Lipinski definition) is 0. The van der Waals surface area contributed by atoms with Gasteiger partial charge in [-0.15, -0.1) is 0 Å². The third kappa shape index (κ3) is 3.15. The SMILES string of the molecule is O=C(CN1C(=O)CCC1=O)c1ccc(C(=O)c2ccccc2)cc1. The molecule has 1 fully saturated rings. The van der Waals surface area contributed by atoms with E-state index < -0.39 is 0 Å². The molecular formula is C19H15NO4. The van der Waals surface area contributed by atoms with Gasteiger partial charge in [-0.2, -0.15) is 0 Å². The highest BCUT2D eigenvalue weighted by Crippen LogP contribution is 2.15. The van der Waals surface area contributed by atoms with E-state index in [0.29, 0.717) is 16.7 Å². The minimum absolute atomic E-state index is 0.125. The van der Waals surface area contributed by atoms with Crippen LogP contribution in [0.5, 0.6) is 0 Å². The smallest absolute Gasteiger partial charge is 0.230 e. The fourth-order valence-corrected chi connectivity index (χ4v) is 2.60. The summed E-state index contributed by atoms with van der Waals surface area (Å²) in [5.41, 5.74) is 1.42. The van der Waals surface area contributed by atoms with Crippen molar-refractivity contribution in [3.05, 3.63) is 71.3 Å². The summed E-state index contributed by atoms with van der Waals surface area (Å²) in [5.74, 6) is -1.08. The van der Waals surface area contributed by atoms with Crippen molar-refractivity contribution in [2.75, 3.05) is 6.54 Å². The molecule has 120 valence electrons. The molecule has 0 aliphatic carbocycles. The standard InChI is InChI=1S/C19H15NO4/c21-16(12-20-17(22)10-11-18(20)23)13-6-8-15(9-7-13)19(24)14-4-2-1-3-5-14/h1-9H,10-12H2. The minimum atomic E-state index is -0.322. The van der Waals surface area contributed by atoms with Crippen molar-refractivity contribution >= 4 is 23.4 Å². The topological polar surface area (TPSA) is 71.5 Å². The molecule has 1 aliphatic heterocycles. The van der Waals surface area contributed by atoms with Gasteiger partial charge in [0.15, 0.2) is 11.6 Å². The molecule has 1 saturated heterocycles. The summed E-state index contributed by atoms with van der Waals surface area (Å²) in [7, 11) is 0. The molecule has 24 heavy (non-hydrogen) atoms. The zero-order valence-corrected chi connectivity index (χ0v) is 12.9. The lowest BCUT2D eigenvalue weighted by atomic mass is 10.0. The molecule has 2 aromatic rings. The Morgan fingerprint density at radius 3 is 1.83 bits per heavy atom. The van der Waals surface area contributed by atoms with Crippen molar-refractivity contribution in [1.82, 2.24) is 4.90 Å². The maximum atomic E-state index is 12.3. The number of likely N-dealkylation sites (tertiary alicyclic amines) is 1. The normalized spacial score (nSPS) is 14.1. The van der Waals surface area contributed by atoms with Gasteiger partial charge >= 0.3 is 0 Å². The summed E-state index contributed by atoms with van der Waals surface area (Å²) < 4.78 is 0. The summed E-state index contributed by atoms with van der Waals surface area (Å²) in [6, 6.07) is 15.1. The first-order valence-corrected chi connectivity index (χ1v) is 7.62. The third-order valence-corrected chi connectivity index (χ3v) is 3.96. The van der Waals surface area contributed by atoms with Crippen molar-refractivity contribution in [1.29, 1.82) is 0 Å². The van der Waals surface area contributed by atoms with Crippen LogP contribution in [0.15, 0.2) is 54.6 Å². The Kier molecular flexibility index (Phi) is 4.33. The fraction of sp³-hybridized carbons (Fsp3) is 0.158. The van der Waals surface area contributed by atoms with Crippen LogP contribution in [-0.2, 0) is 9.59 Å². The van der Waals surface area contributed by atoms with Crippen LogP contribution in [-0.4, -0.2) is 34.8 Å². The average molecular weight is 321 g/mol. The number of hydrogen-bond acceptors (Lipinski definition) is 4. The van der Waals surface area contributed by atoms with Crippen molar-refractivity contribution in [3.8, 4) is 0 Å². The number of carbonyl (C=O) groups is 4. The van der Waals surface area contributed by atoms with Gasteiger partial charge in [-0.3, -0.25) is 24.1 Å². The maximum Gasteiger partial charge on any atom is 0.230 e. The van der Waals surface area contributed by atoms with Gasteiger partial charge in [0, 0.05) is 29.5 Å². The Morgan fingerprint density at radius 2 is 1.25 bits per heavy atom. The Balaban J connectivity index is 1.72. The zero-order valence-electron chi connectivity index (χ0n) is 12.9. The van der Waals surface area contributed by atoms with Crippen LogP contribution in [0.3, 0.4) is 0 Å². The number of imide groups is 1. The molecule has 0 spiro atoms. The predicted molar refractivity (Wildman–Crippen MR) is 86.6 cm³/mol. The predicted octanol–water partition coefficient (Wildman–Crippen LogP) is 2.25. The second-order valence-electron chi connectivity index (χ2n) is 5.57. The molecule has 0 saturated carbocycles. The molecule has 5 heteroatoms. The van der Waals surface area contributed by atoms with Crippen molar-refractivity contribution < 1.29 is 19.2 Å². The highest BCUT2D eigenvalue weighted by molar-refractivity contribution is 6.10. The maximum absolute atomic E-state index is 12.3. The molecule has 0 unspecified atom stereocenters. The van der Waals surface area contributed by atoms with Crippen LogP contribution in [0.1, 0.15) is 39.1 Å². The summed E-state index contributed by atoms with van der Waals surface area (Å²) in [5, 5.41) is 0. The summed E-state index contributed by atoms with van der Waals surface area (Å²) in [6.45, 7) is -0.246. The molecule has 0 atom stereocenters. The Bertz CT molecular complexity index is 793. The first kappa shape index (κ1) is 15.8. The van der Waals surface area contributed by atoms with E-state index in [0.717, 1.165) is 4.90 Å².